The van der Waals surface area contributed by atoms with Crippen molar-refractivity contribution in [3.05, 3.63) is 29.8 Å². The Labute approximate surface area is 92.4 Å². The topological polar surface area (TPSA) is 35.2 Å². The van der Waals surface area contributed by atoms with E-state index >= 15 is 0 Å². The lowest BCUT2D eigenvalue weighted by molar-refractivity contribution is 0.413. The van der Waals surface area contributed by atoms with Gasteiger partial charge in [-0.3, -0.25) is 0 Å². The zero-order chi connectivity index (χ0) is 11.3. The van der Waals surface area contributed by atoms with Crippen LogP contribution in [0.3, 0.4) is 0 Å². The Morgan fingerprint density at radius 1 is 1.20 bits per heavy atom. The van der Waals surface area contributed by atoms with Gasteiger partial charge in [0.1, 0.15) is 5.75 Å². The van der Waals surface area contributed by atoms with Crippen molar-refractivity contribution in [2.24, 2.45) is 11.7 Å². The Hall–Kier alpha value is -1.02. The van der Waals surface area contributed by atoms with Gasteiger partial charge in [0, 0.05) is 0 Å². The number of ether oxygens (including phenoxy) is 1. The van der Waals surface area contributed by atoms with Gasteiger partial charge in [-0.1, -0.05) is 26.0 Å². The molecule has 1 rings (SSSR count). The highest BCUT2D eigenvalue weighted by atomic mass is 16.5. The standard InChI is InChI=1S/C13H21NO/c1-10(2)13(8-9-14)11-4-6-12(15-3)7-5-11/h4-7,10,13H,8-9,14H2,1-3H3/t13-/m1/s1. The van der Waals surface area contributed by atoms with E-state index in [4.69, 9.17) is 10.5 Å². The average molecular weight is 207 g/mol. The minimum absolute atomic E-state index is 0.556. The van der Waals surface area contributed by atoms with Gasteiger partial charge < -0.3 is 10.5 Å². The van der Waals surface area contributed by atoms with Crippen LogP contribution in [0, 0.1) is 5.92 Å². The number of methoxy groups -OCH3 is 1. The van der Waals surface area contributed by atoms with Crippen molar-refractivity contribution in [2.75, 3.05) is 13.7 Å². The lowest BCUT2D eigenvalue weighted by Crippen LogP contribution is -2.12. The fraction of sp³-hybridized carbons (Fsp3) is 0.538. The summed E-state index contributed by atoms with van der Waals surface area (Å²) in [4.78, 5) is 0. The average Bonchev–Trinajstić information content (AvgIpc) is 2.26. The summed E-state index contributed by atoms with van der Waals surface area (Å²) in [5.74, 6) is 2.09. The summed E-state index contributed by atoms with van der Waals surface area (Å²) in [5, 5.41) is 0. The van der Waals surface area contributed by atoms with Gasteiger partial charge in [-0.2, -0.15) is 0 Å². The predicted molar refractivity (Wildman–Crippen MR) is 64.2 cm³/mol. The SMILES string of the molecule is COc1ccc([C@H](CCN)C(C)C)cc1. The van der Waals surface area contributed by atoms with Crippen LogP contribution >= 0.6 is 0 Å². The van der Waals surface area contributed by atoms with Gasteiger partial charge in [0.25, 0.3) is 0 Å². The minimum Gasteiger partial charge on any atom is -0.497 e. The van der Waals surface area contributed by atoms with E-state index in [0.717, 1.165) is 18.7 Å². The summed E-state index contributed by atoms with van der Waals surface area (Å²) in [6, 6.07) is 8.31. The van der Waals surface area contributed by atoms with Crippen LogP contribution in [0.5, 0.6) is 5.75 Å². The third-order valence-electron chi connectivity index (χ3n) is 2.83. The summed E-state index contributed by atoms with van der Waals surface area (Å²) in [5.41, 5.74) is 6.99. The van der Waals surface area contributed by atoms with Crippen molar-refractivity contribution in [1.29, 1.82) is 0 Å². The highest BCUT2D eigenvalue weighted by molar-refractivity contribution is 5.29. The van der Waals surface area contributed by atoms with E-state index in [1.54, 1.807) is 7.11 Å². The maximum atomic E-state index is 5.64. The normalized spacial score (nSPS) is 12.9. The molecular formula is C13H21NO. The number of benzene rings is 1. The molecule has 0 aliphatic heterocycles. The van der Waals surface area contributed by atoms with E-state index in [1.165, 1.54) is 5.56 Å². The van der Waals surface area contributed by atoms with Gasteiger partial charge >= 0.3 is 0 Å². The maximum absolute atomic E-state index is 5.64. The molecular weight excluding hydrogens is 186 g/mol. The summed E-state index contributed by atoms with van der Waals surface area (Å²) in [7, 11) is 1.69. The summed E-state index contributed by atoms with van der Waals surface area (Å²) >= 11 is 0. The highest BCUT2D eigenvalue weighted by Gasteiger charge is 2.14. The molecule has 0 saturated carbocycles. The van der Waals surface area contributed by atoms with Crippen LogP contribution in [0.15, 0.2) is 24.3 Å². The molecule has 84 valence electrons. The summed E-state index contributed by atoms with van der Waals surface area (Å²) in [6.45, 7) is 5.23. The summed E-state index contributed by atoms with van der Waals surface area (Å²) < 4.78 is 5.14. The molecule has 0 aliphatic carbocycles. The van der Waals surface area contributed by atoms with Gasteiger partial charge in [-0.15, -0.1) is 0 Å². The minimum atomic E-state index is 0.556. The number of rotatable bonds is 5. The van der Waals surface area contributed by atoms with Crippen LogP contribution in [0.2, 0.25) is 0 Å². The van der Waals surface area contributed by atoms with Gasteiger partial charge in [-0.25, -0.2) is 0 Å². The molecule has 2 nitrogen and oxygen atoms in total. The van der Waals surface area contributed by atoms with E-state index in [2.05, 4.69) is 26.0 Å². The molecule has 0 bridgehead atoms. The fourth-order valence-electron chi connectivity index (χ4n) is 1.92. The molecule has 0 amide bonds. The van der Waals surface area contributed by atoms with Crippen LogP contribution in [0.25, 0.3) is 0 Å². The first-order valence-corrected chi connectivity index (χ1v) is 5.53. The molecule has 0 radical (unpaired) electrons. The van der Waals surface area contributed by atoms with Crippen molar-refractivity contribution in [3.63, 3.8) is 0 Å². The van der Waals surface area contributed by atoms with E-state index in [9.17, 15) is 0 Å². The second-order valence-corrected chi connectivity index (χ2v) is 4.20. The van der Waals surface area contributed by atoms with Crippen LogP contribution in [0.4, 0.5) is 0 Å². The van der Waals surface area contributed by atoms with Gasteiger partial charge in [0.05, 0.1) is 7.11 Å². The Bertz CT molecular complexity index is 279. The lowest BCUT2D eigenvalue weighted by Gasteiger charge is -2.20. The van der Waals surface area contributed by atoms with E-state index in [0.29, 0.717) is 11.8 Å². The first-order valence-electron chi connectivity index (χ1n) is 5.53. The summed E-state index contributed by atoms with van der Waals surface area (Å²) in [6.07, 6.45) is 1.05. The Kier molecular flexibility index (Phi) is 4.63. The molecule has 2 heteroatoms. The number of hydrogen-bond donors (Lipinski definition) is 1. The van der Waals surface area contributed by atoms with Crippen molar-refractivity contribution in [3.8, 4) is 5.75 Å². The molecule has 1 aromatic rings. The molecule has 0 heterocycles. The van der Waals surface area contributed by atoms with E-state index in [-0.39, 0.29) is 0 Å². The zero-order valence-corrected chi connectivity index (χ0v) is 9.86. The maximum Gasteiger partial charge on any atom is 0.118 e. The molecule has 0 fully saturated rings. The number of hydrogen-bond acceptors (Lipinski definition) is 2. The van der Waals surface area contributed by atoms with Gasteiger partial charge in [0.2, 0.25) is 0 Å². The Morgan fingerprint density at radius 2 is 1.80 bits per heavy atom. The third kappa shape index (κ3) is 3.24. The molecule has 0 aliphatic rings. The smallest absolute Gasteiger partial charge is 0.118 e. The predicted octanol–water partition coefficient (Wildman–Crippen LogP) is 2.78. The highest BCUT2D eigenvalue weighted by Crippen LogP contribution is 2.28. The monoisotopic (exact) mass is 207 g/mol. The molecule has 15 heavy (non-hydrogen) atoms. The van der Waals surface area contributed by atoms with Crippen LogP contribution in [-0.4, -0.2) is 13.7 Å². The molecule has 0 unspecified atom stereocenters. The lowest BCUT2D eigenvalue weighted by atomic mass is 9.86. The third-order valence-corrected chi connectivity index (χ3v) is 2.83. The first kappa shape index (κ1) is 12.1. The van der Waals surface area contributed by atoms with Gasteiger partial charge in [-0.05, 0) is 42.5 Å². The van der Waals surface area contributed by atoms with Crippen LogP contribution < -0.4 is 10.5 Å². The Balaban J connectivity index is 2.81. The van der Waals surface area contributed by atoms with Crippen molar-refractivity contribution in [1.82, 2.24) is 0 Å². The molecule has 1 aromatic carbocycles. The zero-order valence-electron chi connectivity index (χ0n) is 9.86. The van der Waals surface area contributed by atoms with E-state index < -0.39 is 0 Å². The fourth-order valence-corrected chi connectivity index (χ4v) is 1.92. The molecule has 0 aromatic heterocycles. The second-order valence-electron chi connectivity index (χ2n) is 4.20. The van der Waals surface area contributed by atoms with Crippen LogP contribution in [0.1, 0.15) is 31.7 Å². The van der Waals surface area contributed by atoms with Crippen molar-refractivity contribution in [2.45, 2.75) is 26.2 Å². The second kappa shape index (κ2) is 5.76. The molecule has 1 atom stereocenters. The Morgan fingerprint density at radius 3 is 2.20 bits per heavy atom. The van der Waals surface area contributed by atoms with Crippen LogP contribution in [-0.2, 0) is 0 Å². The molecule has 0 saturated heterocycles. The van der Waals surface area contributed by atoms with Gasteiger partial charge in [0.15, 0.2) is 0 Å². The molecule has 0 spiro atoms. The molecule has 2 N–H and O–H groups in total. The number of nitrogens with two attached hydrogens (primary N) is 1. The first-order chi connectivity index (χ1) is 7.19. The van der Waals surface area contributed by atoms with E-state index in [1.807, 2.05) is 12.1 Å². The van der Waals surface area contributed by atoms with Crippen molar-refractivity contribution >= 4 is 0 Å². The largest absolute Gasteiger partial charge is 0.497 e. The van der Waals surface area contributed by atoms with Crippen molar-refractivity contribution < 1.29 is 4.74 Å². The quantitative estimate of drug-likeness (QED) is 0.805.